The Balaban J connectivity index is 1.69. The van der Waals surface area contributed by atoms with Crippen LogP contribution in [0.4, 0.5) is 0 Å². The van der Waals surface area contributed by atoms with Crippen LogP contribution in [-0.4, -0.2) is 11.7 Å². The molecule has 0 spiro atoms. The van der Waals surface area contributed by atoms with Gasteiger partial charge in [-0.1, -0.05) is 36.4 Å². The van der Waals surface area contributed by atoms with Crippen LogP contribution >= 0.6 is 0 Å². The van der Waals surface area contributed by atoms with Gasteiger partial charge in [0.15, 0.2) is 0 Å². The van der Waals surface area contributed by atoms with Gasteiger partial charge in [0.2, 0.25) is 0 Å². The minimum absolute atomic E-state index is 0.186. The molecule has 122 valence electrons. The van der Waals surface area contributed by atoms with E-state index in [0.29, 0.717) is 11.1 Å². The quantitative estimate of drug-likeness (QED) is 0.336. The van der Waals surface area contributed by atoms with Crippen LogP contribution in [0.5, 0.6) is 5.75 Å². The number of phenolic OH excluding ortho intramolecular Hbond substituents is 1. The van der Waals surface area contributed by atoms with Gasteiger partial charge >= 0.3 is 5.63 Å². The molecule has 4 nitrogen and oxygen atoms in total. The second-order valence-corrected chi connectivity index (χ2v) is 6.28. The van der Waals surface area contributed by atoms with Crippen LogP contribution in [0.2, 0.25) is 0 Å². The third-order valence-corrected chi connectivity index (χ3v) is 4.63. The summed E-state index contributed by atoms with van der Waals surface area (Å²) in [6.07, 6.45) is 0.199. The Labute approximate surface area is 142 Å². The Morgan fingerprint density at radius 1 is 0.920 bits per heavy atom. The zero-order valence-electron chi connectivity index (χ0n) is 13.2. The lowest BCUT2D eigenvalue weighted by Crippen LogP contribution is -2.03. The second-order valence-electron chi connectivity index (χ2n) is 6.28. The van der Waals surface area contributed by atoms with E-state index in [-0.39, 0.29) is 17.5 Å². The number of hydrogen-bond acceptors (Lipinski definition) is 4. The normalized spacial score (nSPS) is 16.4. The van der Waals surface area contributed by atoms with E-state index in [0.717, 1.165) is 33.9 Å². The Morgan fingerprint density at radius 3 is 2.44 bits per heavy atom. The SMILES string of the molecule is O=c1oc2c(ccc3cc(O)ccc32)cc1-c1ccc(C2CO2)cc1. The van der Waals surface area contributed by atoms with Crippen molar-refractivity contribution in [3.8, 4) is 16.9 Å². The summed E-state index contributed by atoms with van der Waals surface area (Å²) in [5.41, 5.74) is 2.65. The number of fused-ring (bicyclic) bond motifs is 3. The first-order chi connectivity index (χ1) is 12.2. The van der Waals surface area contributed by atoms with Crippen molar-refractivity contribution in [2.24, 2.45) is 0 Å². The lowest BCUT2D eigenvalue weighted by molar-refractivity contribution is 0.415. The van der Waals surface area contributed by atoms with Crippen molar-refractivity contribution in [3.63, 3.8) is 0 Å². The summed E-state index contributed by atoms with van der Waals surface area (Å²) in [5.74, 6) is 0.186. The van der Waals surface area contributed by atoms with E-state index in [4.69, 9.17) is 9.15 Å². The fraction of sp³-hybridized carbons (Fsp3) is 0.0952. The van der Waals surface area contributed by atoms with E-state index >= 15 is 0 Å². The fourth-order valence-electron chi connectivity index (χ4n) is 3.21. The summed E-state index contributed by atoms with van der Waals surface area (Å²) in [6.45, 7) is 0.764. The van der Waals surface area contributed by atoms with Crippen molar-refractivity contribution < 1.29 is 14.3 Å². The molecule has 1 aromatic heterocycles. The summed E-state index contributed by atoms with van der Waals surface area (Å²) in [6, 6.07) is 18.5. The lowest BCUT2D eigenvalue weighted by atomic mass is 10.0. The highest BCUT2D eigenvalue weighted by Gasteiger charge is 2.24. The lowest BCUT2D eigenvalue weighted by Gasteiger charge is -2.06. The van der Waals surface area contributed by atoms with Gasteiger partial charge in [0.05, 0.1) is 12.2 Å². The van der Waals surface area contributed by atoms with E-state index in [2.05, 4.69) is 0 Å². The molecule has 1 saturated heterocycles. The minimum Gasteiger partial charge on any atom is -0.508 e. The standard InChI is InChI=1S/C21H14O4/c22-16-7-8-17-14(9-16)5-6-15-10-18(21(23)25-20(15)17)12-1-3-13(4-2-12)19-11-24-19/h1-10,19,22H,11H2. The summed E-state index contributed by atoms with van der Waals surface area (Å²) in [5, 5.41) is 12.1. The molecular formula is C21H14O4. The molecule has 0 bridgehead atoms. The second kappa shape index (κ2) is 5.19. The maximum absolute atomic E-state index is 12.5. The van der Waals surface area contributed by atoms with Crippen molar-refractivity contribution >= 4 is 21.7 Å². The molecule has 1 atom stereocenters. The molecule has 3 aromatic carbocycles. The van der Waals surface area contributed by atoms with Crippen LogP contribution in [0.25, 0.3) is 32.9 Å². The number of phenols is 1. The molecule has 5 rings (SSSR count). The third-order valence-electron chi connectivity index (χ3n) is 4.63. The molecule has 0 saturated carbocycles. The van der Waals surface area contributed by atoms with E-state index in [9.17, 15) is 9.90 Å². The number of benzene rings is 3. The van der Waals surface area contributed by atoms with Gasteiger partial charge in [-0.2, -0.15) is 0 Å². The zero-order valence-corrected chi connectivity index (χ0v) is 13.2. The first kappa shape index (κ1) is 14.3. The van der Waals surface area contributed by atoms with Gasteiger partial charge in [0.1, 0.15) is 17.4 Å². The van der Waals surface area contributed by atoms with Crippen molar-refractivity contribution in [2.75, 3.05) is 6.61 Å². The van der Waals surface area contributed by atoms with Gasteiger partial charge in [-0.25, -0.2) is 4.79 Å². The van der Waals surface area contributed by atoms with Crippen molar-refractivity contribution in [3.05, 3.63) is 76.6 Å². The van der Waals surface area contributed by atoms with E-state index < -0.39 is 0 Å². The summed E-state index contributed by atoms with van der Waals surface area (Å²) in [7, 11) is 0. The monoisotopic (exact) mass is 330 g/mol. The molecular weight excluding hydrogens is 316 g/mol. The molecule has 1 aliphatic rings. The molecule has 1 fully saturated rings. The number of hydrogen-bond donors (Lipinski definition) is 1. The Hall–Kier alpha value is -3.11. The van der Waals surface area contributed by atoms with Gasteiger partial charge in [-0.05, 0) is 40.8 Å². The first-order valence-electron chi connectivity index (χ1n) is 8.10. The van der Waals surface area contributed by atoms with Gasteiger partial charge in [0, 0.05) is 10.8 Å². The Bertz CT molecular complexity index is 1170. The molecule has 4 aromatic rings. The number of rotatable bonds is 2. The van der Waals surface area contributed by atoms with E-state index in [1.165, 1.54) is 0 Å². The molecule has 1 N–H and O–H groups in total. The highest BCUT2D eigenvalue weighted by molar-refractivity contribution is 6.05. The molecule has 1 unspecified atom stereocenters. The average Bonchev–Trinajstić information content (AvgIpc) is 3.46. The summed E-state index contributed by atoms with van der Waals surface area (Å²) >= 11 is 0. The number of epoxide rings is 1. The zero-order chi connectivity index (χ0) is 17.0. The fourth-order valence-corrected chi connectivity index (χ4v) is 3.21. The smallest absolute Gasteiger partial charge is 0.344 e. The van der Waals surface area contributed by atoms with Crippen molar-refractivity contribution in [1.82, 2.24) is 0 Å². The van der Waals surface area contributed by atoms with Gasteiger partial charge < -0.3 is 14.3 Å². The molecule has 0 radical (unpaired) electrons. The summed E-state index contributed by atoms with van der Waals surface area (Å²) < 4.78 is 10.9. The van der Waals surface area contributed by atoms with Crippen molar-refractivity contribution in [2.45, 2.75) is 6.10 Å². The third kappa shape index (κ3) is 2.39. The maximum atomic E-state index is 12.5. The van der Waals surface area contributed by atoms with Crippen LogP contribution < -0.4 is 5.63 Å². The van der Waals surface area contributed by atoms with Gasteiger partial charge in [0.25, 0.3) is 0 Å². The molecule has 0 aliphatic carbocycles. The predicted molar refractivity (Wildman–Crippen MR) is 95.8 cm³/mol. The van der Waals surface area contributed by atoms with E-state index in [1.54, 1.807) is 18.2 Å². The van der Waals surface area contributed by atoms with Crippen LogP contribution in [0, 0.1) is 0 Å². The largest absolute Gasteiger partial charge is 0.508 e. The minimum atomic E-state index is -0.372. The van der Waals surface area contributed by atoms with Gasteiger partial charge in [-0.15, -0.1) is 0 Å². The maximum Gasteiger partial charge on any atom is 0.344 e. The molecule has 4 heteroatoms. The molecule has 2 heterocycles. The van der Waals surface area contributed by atoms with Crippen molar-refractivity contribution in [1.29, 1.82) is 0 Å². The van der Waals surface area contributed by atoms with Crippen LogP contribution in [0.15, 0.2) is 69.9 Å². The first-order valence-corrected chi connectivity index (χ1v) is 8.10. The average molecular weight is 330 g/mol. The highest BCUT2D eigenvalue weighted by Crippen LogP contribution is 2.32. The molecule has 0 amide bonds. The van der Waals surface area contributed by atoms with Crippen LogP contribution in [-0.2, 0) is 4.74 Å². The van der Waals surface area contributed by atoms with Gasteiger partial charge in [-0.3, -0.25) is 0 Å². The summed E-state index contributed by atoms with van der Waals surface area (Å²) in [4.78, 5) is 12.5. The molecule has 1 aliphatic heterocycles. The molecule has 25 heavy (non-hydrogen) atoms. The number of ether oxygens (including phenoxy) is 1. The Kier molecular flexibility index (Phi) is 2.96. The van der Waals surface area contributed by atoms with Crippen LogP contribution in [0.3, 0.4) is 0 Å². The predicted octanol–water partition coefficient (Wildman–Crippen LogP) is 4.39. The topological polar surface area (TPSA) is 63.0 Å². The number of aromatic hydroxyl groups is 1. The van der Waals surface area contributed by atoms with Crippen LogP contribution in [0.1, 0.15) is 11.7 Å². The Morgan fingerprint density at radius 2 is 1.68 bits per heavy atom. The highest BCUT2D eigenvalue weighted by atomic mass is 16.6. The van der Waals surface area contributed by atoms with E-state index in [1.807, 2.05) is 42.5 Å².